The lowest BCUT2D eigenvalue weighted by atomic mass is 9.70. The van der Waals surface area contributed by atoms with E-state index >= 15 is 0 Å². The van der Waals surface area contributed by atoms with Gasteiger partial charge >= 0.3 is 0 Å². The van der Waals surface area contributed by atoms with Gasteiger partial charge < -0.3 is 5.32 Å². The third kappa shape index (κ3) is 4.61. The molecule has 0 saturated carbocycles. The highest BCUT2D eigenvalue weighted by Gasteiger charge is 2.32. The van der Waals surface area contributed by atoms with E-state index in [4.69, 9.17) is 0 Å². The molecule has 0 heterocycles. The van der Waals surface area contributed by atoms with Gasteiger partial charge in [-0.15, -0.1) is 0 Å². The van der Waals surface area contributed by atoms with E-state index in [1.807, 2.05) is 0 Å². The highest BCUT2D eigenvalue weighted by Crippen LogP contribution is 2.37. The SMILES string of the molecule is CCCC(C)C1(CNCCC(C)C)C=CC=[C]C1. The lowest BCUT2D eigenvalue weighted by Gasteiger charge is -2.37. The minimum Gasteiger partial charge on any atom is -0.316 e. The molecule has 0 amide bonds. The zero-order chi connectivity index (χ0) is 13.4. The molecule has 1 radical (unpaired) electrons. The molecule has 0 aromatic rings. The molecule has 1 heteroatoms. The van der Waals surface area contributed by atoms with Crippen molar-refractivity contribution < 1.29 is 0 Å². The lowest BCUT2D eigenvalue weighted by Crippen LogP contribution is -2.39. The third-order valence-corrected chi connectivity index (χ3v) is 4.13. The molecule has 1 rings (SSSR count). The van der Waals surface area contributed by atoms with Gasteiger partial charge in [0.25, 0.3) is 0 Å². The summed E-state index contributed by atoms with van der Waals surface area (Å²) in [6.45, 7) is 11.5. The summed E-state index contributed by atoms with van der Waals surface area (Å²) in [5, 5.41) is 3.66. The van der Waals surface area contributed by atoms with Crippen molar-refractivity contribution in [2.75, 3.05) is 13.1 Å². The Balaban J connectivity index is 2.51. The fourth-order valence-electron chi connectivity index (χ4n) is 2.68. The van der Waals surface area contributed by atoms with Crippen molar-refractivity contribution in [2.45, 2.75) is 53.4 Å². The molecule has 1 aliphatic carbocycles. The molecular formula is C17H30N. The first-order chi connectivity index (χ1) is 8.60. The molecule has 0 aliphatic heterocycles. The minimum absolute atomic E-state index is 0.293. The molecule has 0 aromatic carbocycles. The summed E-state index contributed by atoms with van der Waals surface area (Å²) >= 11 is 0. The van der Waals surface area contributed by atoms with Crippen LogP contribution in [0.3, 0.4) is 0 Å². The maximum absolute atomic E-state index is 3.66. The summed E-state index contributed by atoms with van der Waals surface area (Å²) < 4.78 is 0. The summed E-state index contributed by atoms with van der Waals surface area (Å²) in [4.78, 5) is 0. The number of nitrogens with one attached hydrogen (secondary N) is 1. The monoisotopic (exact) mass is 248 g/mol. The Morgan fingerprint density at radius 3 is 2.61 bits per heavy atom. The first kappa shape index (κ1) is 15.5. The van der Waals surface area contributed by atoms with Crippen molar-refractivity contribution in [3.8, 4) is 0 Å². The fraction of sp³-hybridized carbons (Fsp3) is 0.765. The predicted molar refractivity (Wildman–Crippen MR) is 80.4 cm³/mol. The molecule has 103 valence electrons. The molecule has 18 heavy (non-hydrogen) atoms. The Morgan fingerprint density at radius 2 is 2.06 bits per heavy atom. The highest BCUT2D eigenvalue weighted by atomic mass is 14.9. The van der Waals surface area contributed by atoms with Crippen LogP contribution in [-0.4, -0.2) is 13.1 Å². The van der Waals surface area contributed by atoms with Crippen molar-refractivity contribution in [1.29, 1.82) is 0 Å². The summed E-state index contributed by atoms with van der Waals surface area (Å²) in [5.74, 6) is 1.52. The van der Waals surface area contributed by atoms with Gasteiger partial charge in [0.15, 0.2) is 0 Å². The number of allylic oxidation sites excluding steroid dienone is 3. The average Bonchev–Trinajstić information content (AvgIpc) is 2.36. The molecular weight excluding hydrogens is 218 g/mol. The van der Waals surface area contributed by atoms with Crippen LogP contribution in [0.1, 0.15) is 53.4 Å². The van der Waals surface area contributed by atoms with Crippen LogP contribution in [0.15, 0.2) is 18.2 Å². The second-order valence-electron chi connectivity index (χ2n) is 6.19. The summed E-state index contributed by atoms with van der Waals surface area (Å²) in [6.07, 6.45) is 15.0. The molecule has 0 fully saturated rings. The molecule has 2 atom stereocenters. The van der Waals surface area contributed by atoms with Crippen LogP contribution in [-0.2, 0) is 0 Å². The van der Waals surface area contributed by atoms with E-state index < -0.39 is 0 Å². The van der Waals surface area contributed by atoms with Gasteiger partial charge in [-0.2, -0.15) is 0 Å². The van der Waals surface area contributed by atoms with Crippen molar-refractivity contribution in [3.05, 3.63) is 24.3 Å². The Kier molecular flexibility index (Phi) is 6.70. The molecule has 1 aliphatic rings. The highest BCUT2D eigenvalue weighted by molar-refractivity contribution is 5.15. The van der Waals surface area contributed by atoms with Gasteiger partial charge in [0.1, 0.15) is 0 Å². The van der Waals surface area contributed by atoms with Crippen molar-refractivity contribution in [1.82, 2.24) is 5.32 Å². The van der Waals surface area contributed by atoms with E-state index in [0.29, 0.717) is 5.41 Å². The Hall–Kier alpha value is -0.560. The van der Waals surface area contributed by atoms with Crippen LogP contribution in [0, 0.1) is 23.3 Å². The second kappa shape index (κ2) is 7.78. The van der Waals surface area contributed by atoms with Gasteiger partial charge in [-0.1, -0.05) is 58.8 Å². The van der Waals surface area contributed by atoms with Crippen LogP contribution >= 0.6 is 0 Å². The summed E-state index contributed by atoms with van der Waals surface area (Å²) in [7, 11) is 0. The molecule has 0 bridgehead atoms. The number of hydrogen-bond acceptors (Lipinski definition) is 1. The van der Waals surface area contributed by atoms with Gasteiger partial charge in [-0.3, -0.25) is 0 Å². The van der Waals surface area contributed by atoms with Crippen LogP contribution in [0.4, 0.5) is 0 Å². The van der Waals surface area contributed by atoms with Gasteiger partial charge in [-0.25, -0.2) is 0 Å². The van der Waals surface area contributed by atoms with Crippen LogP contribution in [0.2, 0.25) is 0 Å². The zero-order valence-electron chi connectivity index (χ0n) is 12.6. The van der Waals surface area contributed by atoms with Crippen LogP contribution < -0.4 is 5.32 Å². The van der Waals surface area contributed by atoms with Crippen molar-refractivity contribution >= 4 is 0 Å². The summed E-state index contributed by atoms with van der Waals surface area (Å²) in [6, 6.07) is 0. The first-order valence-corrected chi connectivity index (χ1v) is 7.56. The predicted octanol–water partition coefficient (Wildman–Crippen LogP) is 4.36. The van der Waals surface area contributed by atoms with Gasteiger partial charge in [-0.05, 0) is 37.3 Å². The van der Waals surface area contributed by atoms with Crippen molar-refractivity contribution in [3.63, 3.8) is 0 Å². The Morgan fingerprint density at radius 1 is 1.28 bits per heavy atom. The Labute approximate surface area is 114 Å². The first-order valence-electron chi connectivity index (χ1n) is 7.56. The Bertz CT molecular complexity index is 277. The van der Waals surface area contributed by atoms with E-state index in [2.05, 4.69) is 57.3 Å². The minimum atomic E-state index is 0.293. The molecule has 0 spiro atoms. The maximum atomic E-state index is 3.66. The largest absolute Gasteiger partial charge is 0.316 e. The van der Waals surface area contributed by atoms with Crippen LogP contribution in [0.5, 0.6) is 0 Å². The van der Waals surface area contributed by atoms with E-state index in [1.165, 1.54) is 19.3 Å². The van der Waals surface area contributed by atoms with Gasteiger partial charge in [0, 0.05) is 12.0 Å². The molecule has 0 aromatic heterocycles. The summed E-state index contributed by atoms with van der Waals surface area (Å²) in [5.41, 5.74) is 0.293. The molecule has 2 unspecified atom stereocenters. The number of hydrogen-bond donors (Lipinski definition) is 1. The topological polar surface area (TPSA) is 12.0 Å². The number of rotatable bonds is 8. The van der Waals surface area contributed by atoms with E-state index in [-0.39, 0.29) is 0 Å². The van der Waals surface area contributed by atoms with E-state index in [1.54, 1.807) is 0 Å². The van der Waals surface area contributed by atoms with Gasteiger partial charge in [0.05, 0.1) is 0 Å². The van der Waals surface area contributed by atoms with Crippen LogP contribution in [0.25, 0.3) is 0 Å². The lowest BCUT2D eigenvalue weighted by molar-refractivity contribution is 0.218. The van der Waals surface area contributed by atoms with Crippen molar-refractivity contribution in [2.24, 2.45) is 17.3 Å². The smallest absolute Gasteiger partial charge is 0.00756 e. The van der Waals surface area contributed by atoms with E-state index in [0.717, 1.165) is 31.3 Å². The molecule has 0 saturated heterocycles. The second-order valence-corrected chi connectivity index (χ2v) is 6.19. The quantitative estimate of drug-likeness (QED) is 0.629. The molecule has 1 nitrogen and oxygen atoms in total. The average molecular weight is 248 g/mol. The third-order valence-electron chi connectivity index (χ3n) is 4.13. The van der Waals surface area contributed by atoms with E-state index in [9.17, 15) is 0 Å². The zero-order valence-corrected chi connectivity index (χ0v) is 12.6. The normalized spacial score (nSPS) is 24.7. The fourth-order valence-corrected chi connectivity index (χ4v) is 2.68. The molecule has 1 N–H and O–H groups in total. The standard InChI is InChI=1S/C17H30N/c1-5-9-16(4)17(11-7-6-8-12-17)14-18-13-10-15(2)3/h6-7,11,15-16,18H,5,9-10,12-14H2,1-4H3. The van der Waals surface area contributed by atoms with Gasteiger partial charge in [0.2, 0.25) is 0 Å². The maximum Gasteiger partial charge on any atom is 0.00756 e.